The van der Waals surface area contributed by atoms with Crippen LogP contribution in [0.5, 0.6) is 0 Å². The first-order valence-corrected chi connectivity index (χ1v) is 6.67. The molecule has 1 aromatic rings. The molecule has 2 unspecified atom stereocenters. The van der Waals surface area contributed by atoms with Crippen LogP contribution in [0, 0.1) is 0 Å². The van der Waals surface area contributed by atoms with Gasteiger partial charge in [-0.15, -0.1) is 0 Å². The minimum Gasteiger partial charge on any atom is -0.383 e. The van der Waals surface area contributed by atoms with Crippen LogP contribution in [0.1, 0.15) is 0 Å². The average Bonchev–Trinajstić information content (AvgIpc) is 2.28. The first kappa shape index (κ1) is 13.6. The van der Waals surface area contributed by atoms with Gasteiger partial charge in [-0.25, -0.2) is 0 Å². The van der Waals surface area contributed by atoms with Crippen molar-refractivity contribution >= 4 is 22.4 Å². The quantitative estimate of drug-likeness (QED) is 0.847. The second-order valence-corrected chi connectivity index (χ2v) is 5.34. The van der Waals surface area contributed by atoms with Crippen molar-refractivity contribution in [3.63, 3.8) is 0 Å². The van der Waals surface area contributed by atoms with Gasteiger partial charge in [0.15, 0.2) is 0 Å². The summed E-state index contributed by atoms with van der Waals surface area (Å²) in [5, 5.41) is 3.68. The minimum absolute atomic E-state index is 0.0878. The standard InChI is InChI=1S/C11H16ClNO2S/c1-13-10(7-15-2)8-16(14)11-5-3-4-9(12)6-11/h3-6,10,13H,7-8H2,1-2H3. The summed E-state index contributed by atoms with van der Waals surface area (Å²) in [4.78, 5) is 0.754. The molecule has 2 atom stereocenters. The van der Waals surface area contributed by atoms with Crippen LogP contribution in [0.4, 0.5) is 0 Å². The molecular weight excluding hydrogens is 246 g/mol. The van der Waals surface area contributed by atoms with Gasteiger partial charge in [0.25, 0.3) is 0 Å². The maximum Gasteiger partial charge on any atom is 0.0624 e. The first-order chi connectivity index (χ1) is 7.67. The summed E-state index contributed by atoms with van der Waals surface area (Å²) in [6, 6.07) is 7.22. The molecule has 0 aliphatic heterocycles. The van der Waals surface area contributed by atoms with Crippen molar-refractivity contribution < 1.29 is 8.95 Å². The van der Waals surface area contributed by atoms with Crippen molar-refractivity contribution in [3.8, 4) is 0 Å². The highest BCUT2D eigenvalue weighted by Crippen LogP contribution is 2.14. The summed E-state index contributed by atoms with van der Waals surface area (Å²) < 4.78 is 17.0. The van der Waals surface area contributed by atoms with E-state index in [0.717, 1.165) is 4.90 Å². The van der Waals surface area contributed by atoms with E-state index in [1.54, 1.807) is 25.3 Å². The predicted molar refractivity (Wildman–Crippen MR) is 67.5 cm³/mol. The van der Waals surface area contributed by atoms with Crippen molar-refractivity contribution in [1.29, 1.82) is 0 Å². The highest BCUT2D eigenvalue weighted by Gasteiger charge is 2.12. The number of benzene rings is 1. The van der Waals surface area contributed by atoms with Crippen LogP contribution in [0.25, 0.3) is 0 Å². The van der Waals surface area contributed by atoms with Gasteiger partial charge in [0, 0.05) is 28.8 Å². The van der Waals surface area contributed by atoms with E-state index in [0.29, 0.717) is 17.4 Å². The molecule has 0 amide bonds. The van der Waals surface area contributed by atoms with Crippen LogP contribution < -0.4 is 5.32 Å². The van der Waals surface area contributed by atoms with E-state index < -0.39 is 10.8 Å². The fraction of sp³-hybridized carbons (Fsp3) is 0.455. The van der Waals surface area contributed by atoms with Crippen LogP contribution in [-0.4, -0.2) is 36.8 Å². The van der Waals surface area contributed by atoms with E-state index in [1.165, 1.54) is 0 Å². The zero-order chi connectivity index (χ0) is 12.0. The van der Waals surface area contributed by atoms with Crippen LogP contribution in [0.15, 0.2) is 29.2 Å². The number of hydrogen-bond acceptors (Lipinski definition) is 3. The van der Waals surface area contributed by atoms with E-state index in [4.69, 9.17) is 16.3 Å². The van der Waals surface area contributed by atoms with Gasteiger partial charge in [0.2, 0.25) is 0 Å². The van der Waals surface area contributed by atoms with E-state index in [1.807, 2.05) is 13.1 Å². The second kappa shape index (κ2) is 7.01. The number of nitrogens with one attached hydrogen (secondary N) is 1. The lowest BCUT2D eigenvalue weighted by Crippen LogP contribution is -2.35. The molecule has 0 radical (unpaired) electrons. The Morgan fingerprint density at radius 3 is 2.88 bits per heavy atom. The summed E-state index contributed by atoms with van der Waals surface area (Å²) >= 11 is 5.85. The lowest BCUT2D eigenvalue weighted by atomic mass is 10.4. The first-order valence-electron chi connectivity index (χ1n) is 4.97. The van der Waals surface area contributed by atoms with Crippen LogP contribution >= 0.6 is 11.6 Å². The van der Waals surface area contributed by atoms with Crippen LogP contribution in [0.2, 0.25) is 5.02 Å². The van der Waals surface area contributed by atoms with Crippen molar-refractivity contribution in [1.82, 2.24) is 5.32 Å². The van der Waals surface area contributed by atoms with Crippen molar-refractivity contribution in [2.24, 2.45) is 0 Å². The summed E-state index contributed by atoms with van der Waals surface area (Å²) in [7, 11) is 2.41. The van der Waals surface area contributed by atoms with E-state index in [-0.39, 0.29) is 6.04 Å². The number of halogens is 1. The molecular formula is C11H16ClNO2S. The number of hydrogen-bond donors (Lipinski definition) is 1. The van der Waals surface area contributed by atoms with E-state index in [2.05, 4.69) is 5.32 Å². The van der Waals surface area contributed by atoms with Gasteiger partial charge in [-0.1, -0.05) is 17.7 Å². The summed E-state index contributed by atoms with van der Waals surface area (Å²) in [6.07, 6.45) is 0. The molecule has 1 aromatic carbocycles. The summed E-state index contributed by atoms with van der Waals surface area (Å²) in [5.74, 6) is 0.519. The van der Waals surface area contributed by atoms with E-state index in [9.17, 15) is 4.21 Å². The van der Waals surface area contributed by atoms with Gasteiger partial charge < -0.3 is 10.1 Å². The summed E-state index contributed by atoms with van der Waals surface area (Å²) in [6.45, 7) is 0.544. The van der Waals surface area contributed by atoms with Gasteiger partial charge in [0.1, 0.15) is 0 Å². The molecule has 1 N–H and O–H groups in total. The number of methoxy groups -OCH3 is 1. The third-order valence-electron chi connectivity index (χ3n) is 2.19. The van der Waals surface area contributed by atoms with Gasteiger partial charge in [-0.3, -0.25) is 4.21 Å². The Bertz CT molecular complexity index is 360. The normalized spacial score (nSPS) is 14.7. The monoisotopic (exact) mass is 261 g/mol. The Labute approximate surface area is 104 Å². The van der Waals surface area contributed by atoms with Gasteiger partial charge in [-0.05, 0) is 25.2 Å². The largest absolute Gasteiger partial charge is 0.383 e. The SMILES string of the molecule is CNC(COC)CS(=O)c1cccc(Cl)c1. The summed E-state index contributed by atoms with van der Waals surface area (Å²) in [5.41, 5.74) is 0. The fourth-order valence-corrected chi connectivity index (χ4v) is 2.87. The third-order valence-corrected chi connectivity index (χ3v) is 3.91. The molecule has 0 bridgehead atoms. The van der Waals surface area contributed by atoms with Crippen molar-refractivity contribution in [2.45, 2.75) is 10.9 Å². The van der Waals surface area contributed by atoms with Crippen LogP contribution in [-0.2, 0) is 15.5 Å². The third kappa shape index (κ3) is 4.22. The number of likely N-dealkylation sites (N-methyl/N-ethyl adjacent to an activating group) is 1. The number of ether oxygens (including phenoxy) is 1. The van der Waals surface area contributed by atoms with Gasteiger partial charge >= 0.3 is 0 Å². The highest BCUT2D eigenvalue weighted by atomic mass is 35.5. The Balaban J connectivity index is 2.64. The average molecular weight is 262 g/mol. The molecule has 90 valence electrons. The molecule has 0 aromatic heterocycles. The lowest BCUT2D eigenvalue weighted by molar-refractivity contribution is 0.176. The molecule has 0 saturated carbocycles. The van der Waals surface area contributed by atoms with Crippen molar-refractivity contribution in [2.75, 3.05) is 26.5 Å². The minimum atomic E-state index is -1.05. The Morgan fingerprint density at radius 1 is 1.56 bits per heavy atom. The second-order valence-electron chi connectivity index (χ2n) is 3.41. The topological polar surface area (TPSA) is 38.3 Å². The molecule has 1 rings (SSSR count). The molecule has 3 nitrogen and oxygen atoms in total. The maximum absolute atomic E-state index is 12.0. The molecule has 0 aliphatic carbocycles. The Kier molecular flexibility index (Phi) is 5.98. The Hall–Kier alpha value is -0.420. The molecule has 0 fully saturated rings. The van der Waals surface area contributed by atoms with Gasteiger partial charge in [0.05, 0.1) is 17.4 Å². The maximum atomic E-state index is 12.0. The highest BCUT2D eigenvalue weighted by molar-refractivity contribution is 7.85. The van der Waals surface area contributed by atoms with Gasteiger partial charge in [-0.2, -0.15) is 0 Å². The van der Waals surface area contributed by atoms with E-state index >= 15 is 0 Å². The van der Waals surface area contributed by atoms with Crippen LogP contribution in [0.3, 0.4) is 0 Å². The van der Waals surface area contributed by atoms with Crippen molar-refractivity contribution in [3.05, 3.63) is 29.3 Å². The zero-order valence-corrected chi connectivity index (χ0v) is 11.0. The lowest BCUT2D eigenvalue weighted by Gasteiger charge is -2.14. The molecule has 5 heteroatoms. The molecule has 0 heterocycles. The molecule has 0 saturated heterocycles. The Morgan fingerprint density at radius 2 is 2.31 bits per heavy atom. The molecule has 0 aliphatic rings. The number of rotatable bonds is 6. The predicted octanol–water partition coefficient (Wildman–Crippen LogP) is 1.68. The zero-order valence-electron chi connectivity index (χ0n) is 9.40. The molecule has 0 spiro atoms. The molecule has 16 heavy (non-hydrogen) atoms. The fourth-order valence-electron chi connectivity index (χ4n) is 1.30. The smallest absolute Gasteiger partial charge is 0.0624 e.